The van der Waals surface area contributed by atoms with E-state index in [1.54, 1.807) is 14.2 Å². The van der Waals surface area contributed by atoms with Crippen LogP contribution in [0, 0.1) is 5.41 Å². The van der Waals surface area contributed by atoms with Gasteiger partial charge in [0.05, 0.1) is 11.5 Å². The number of ether oxygens (including phenoxy) is 2. The average molecular weight is 258 g/mol. The second-order valence-electron chi connectivity index (χ2n) is 5.06. The van der Waals surface area contributed by atoms with Crippen molar-refractivity contribution < 1.29 is 14.3 Å². The minimum Gasteiger partial charge on any atom is -0.354 e. The first-order chi connectivity index (χ1) is 8.59. The fourth-order valence-corrected chi connectivity index (χ4v) is 2.68. The lowest BCUT2D eigenvalue weighted by Gasteiger charge is -2.30. The Morgan fingerprint density at radius 2 is 2.11 bits per heavy atom. The second-order valence-corrected chi connectivity index (χ2v) is 5.06. The first-order valence-electron chi connectivity index (χ1n) is 6.67. The molecule has 1 aliphatic heterocycles. The van der Waals surface area contributed by atoms with Gasteiger partial charge in [0.25, 0.3) is 0 Å². The summed E-state index contributed by atoms with van der Waals surface area (Å²) >= 11 is 0. The molecular formula is C13H26N2O3. The van der Waals surface area contributed by atoms with Gasteiger partial charge in [-0.15, -0.1) is 0 Å². The van der Waals surface area contributed by atoms with Crippen molar-refractivity contribution in [2.75, 3.05) is 27.3 Å². The molecule has 2 atom stereocenters. The van der Waals surface area contributed by atoms with Crippen LogP contribution >= 0.6 is 0 Å². The number of carbonyl (C=O) groups is 1. The van der Waals surface area contributed by atoms with Gasteiger partial charge in [-0.2, -0.15) is 0 Å². The smallest absolute Gasteiger partial charge is 0.227 e. The highest BCUT2D eigenvalue weighted by atomic mass is 16.7. The van der Waals surface area contributed by atoms with Gasteiger partial charge in [-0.05, 0) is 26.3 Å². The van der Waals surface area contributed by atoms with Gasteiger partial charge in [-0.25, -0.2) is 0 Å². The van der Waals surface area contributed by atoms with Gasteiger partial charge < -0.3 is 20.1 Å². The number of methoxy groups -OCH3 is 2. The average Bonchev–Trinajstić information content (AvgIpc) is 2.81. The van der Waals surface area contributed by atoms with Crippen molar-refractivity contribution in [3.8, 4) is 0 Å². The molecule has 5 heteroatoms. The number of carbonyl (C=O) groups excluding carboxylic acids is 1. The van der Waals surface area contributed by atoms with Crippen LogP contribution in [0.1, 0.15) is 33.1 Å². The summed E-state index contributed by atoms with van der Waals surface area (Å²) in [5, 5.41) is 6.31. The molecule has 1 rings (SSSR count). The fourth-order valence-electron chi connectivity index (χ4n) is 2.68. The lowest BCUT2D eigenvalue weighted by Crippen LogP contribution is -2.50. The number of hydrogen-bond acceptors (Lipinski definition) is 4. The lowest BCUT2D eigenvalue weighted by molar-refractivity contribution is -0.142. The van der Waals surface area contributed by atoms with E-state index in [1.165, 1.54) is 0 Å². The van der Waals surface area contributed by atoms with E-state index >= 15 is 0 Å². The van der Waals surface area contributed by atoms with Gasteiger partial charge in [0, 0.05) is 20.8 Å². The van der Waals surface area contributed by atoms with Crippen LogP contribution in [-0.4, -0.2) is 45.5 Å². The lowest BCUT2D eigenvalue weighted by atomic mass is 9.81. The van der Waals surface area contributed by atoms with E-state index < -0.39 is 6.29 Å². The number of rotatable bonds is 7. The molecule has 0 aromatic heterocycles. The van der Waals surface area contributed by atoms with E-state index in [2.05, 4.69) is 17.6 Å². The maximum absolute atomic E-state index is 12.4. The topological polar surface area (TPSA) is 59.6 Å². The zero-order valence-electron chi connectivity index (χ0n) is 11.9. The first kappa shape index (κ1) is 15.4. The number of amides is 1. The molecule has 0 aromatic rings. The minimum atomic E-state index is -0.401. The van der Waals surface area contributed by atoms with Crippen LogP contribution in [0.15, 0.2) is 0 Å². The summed E-state index contributed by atoms with van der Waals surface area (Å²) in [7, 11) is 3.16. The molecule has 18 heavy (non-hydrogen) atoms. The summed E-state index contributed by atoms with van der Waals surface area (Å²) in [6.07, 6.45) is 2.44. The molecule has 0 aliphatic carbocycles. The van der Waals surface area contributed by atoms with Crippen LogP contribution in [0.3, 0.4) is 0 Å². The highest BCUT2D eigenvalue weighted by Crippen LogP contribution is 2.31. The summed E-state index contributed by atoms with van der Waals surface area (Å²) in [6, 6.07) is -0.151. The SMILES string of the molecule is CCCC1(C(=O)NC(C)C(OC)OC)CCNC1. The normalized spacial score (nSPS) is 25.4. The van der Waals surface area contributed by atoms with Crippen LogP contribution in [-0.2, 0) is 14.3 Å². The summed E-state index contributed by atoms with van der Waals surface area (Å²) < 4.78 is 10.3. The van der Waals surface area contributed by atoms with Gasteiger partial charge in [-0.3, -0.25) is 4.79 Å². The van der Waals surface area contributed by atoms with E-state index in [1.807, 2.05) is 6.92 Å². The molecule has 1 aliphatic rings. The molecule has 0 aromatic carbocycles. The molecule has 0 radical (unpaired) electrons. The third kappa shape index (κ3) is 3.43. The van der Waals surface area contributed by atoms with Gasteiger partial charge >= 0.3 is 0 Å². The van der Waals surface area contributed by atoms with E-state index in [-0.39, 0.29) is 17.4 Å². The molecule has 2 N–H and O–H groups in total. The quantitative estimate of drug-likeness (QED) is 0.666. The summed E-state index contributed by atoms with van der Waals surface area (Å²) in [4.78, 5) is 12.4. The molecule has 0 bridgehead atoms. The Labute approximate surface area is 110 Å². The van der Waals surface area contributed by atoms with E-state index in [0.29, 0.717) is 0 Å². The molecule has 0 saturated carbocycles. The summed E-state index contributed by atoms with van der Waals surface area (Å²) in [5.41, 5.74) is -0.255. The Morgan fingerprint density at radius 1 is 1.44 bits per heavy atom. The van der Waals surface area contributed by atoms with E-state index in [9.17, 15) is 4.79 Å². The predicted octanol–water partition coefficient (Wildman–Crippen LogP) is 0.890. The monoisotopic (exact) mass is 258 g/mol. The van der Waals surface area contributed by atoms with Crippen molar-refractivity contribution in [3.63, 3.8) is 0 Å². The molecule has 1 heterocycles. The molecule has 106 valence electrons. The Morgan fingerprint density at radius 3 is 2.56 bits per heavy atom. The molecule has 5 nitrogen and oxygen atoms in total. The largest absolute Gasteiger partial charge is 0.354 e. The van der Waals surface area contributed by atoms with E-state index in [4.69, 9.17) is 9.47 Å². The number of nitrogens with one attached hydrogen (secondary N) is 2. The molecule has 1 saturated heterocycles. The van der Waals surface area contributed by atoms with Crippen molar-refractivity contribution in [2.24, 2.45) is 5.41 Å². The highest BCUT2D eigenvalue weighted by molar-refractivity contribution is 5.83. The standard InChI is InChI=1S/C13H26N2O3/c1-5-6-13(7-8-14-9-13)12(16)15-10(2)11(17-3)18-4/h10-11,14H,5-9H2,1-4H3,(H,15,16). The van der Waals surface area contributed by atoms with Crippen LogP contribution in [0.25, 0.3) is 0 Å². The zero-order valence-corrected chi connectivity index (χ0v) is 11.9. The van der Waals surface area contributed by atoms with Gasteiger partial charge in [-0.1, -0.05) is 13.3 Å². The van der Waals surface area contributed by atoms with Crippen molar-refractivity contribution in [1.29, 1.82) is 0 Å². The van der Waals surface area contributed by atoms with Crippen molar-refractivity contribution in [2.45, 2.75) is 45.4 Å². The fraction of sp³-hybridized carbons (Fsp3) is 0.923. The molecule has 1 amide bonds. The second kappa shape index (κ2) is 7.07. The maximum Gasteiger partial charge on any atom is 0.227 e. The van der Waals surface area contributed by atoms with Gasteiger partial charge in [0.1, 0.15) is 0 Å². The Balaban J connectivity index is 2.61. The van der Waals surface area contributed by atoms with Crippen molar-refractivity contribution in [3.05, 3.63) is 0 Å². The van der Waals surface area contributed by atoms with Gasteiger partial charge in [0.15, 0.2) is 6.29 Å². The highest BCUT2D eigenvalue weighted by Gasteiger charge is 2.41. The summed E-state index contributed by atoms with van der Waals surface area (Å²) in [5.74, 6) is 0.112. The van der Waals surface area contributed by atoms with E-state index in [0.717, 1.165) is 32.4 Å². The maximum atomic E-state index is 12.4. The third-order valence-corrected chi connectivity index (χ3v) is 3.69. The first-order valence-corrected chi connectivity index (χ1v) is 6.67. The van der Waals surface area contributed by atoms with Gasteiger partial charge in [0.2, 0.25) is 5.91 Å². The predicted molar refractivity (Wildman–Crippen MR) is 70.2 cm³/mol. The third-order valence-electron chi connectivity index (χ3n) is 3.69. The summed E-state index contributed by atoms with van der Waals surface area (Å²) in [6.45, 7) is 5.70. The van der Waals surface area contributed by atoms with Crippen LogP contribution < -0.4 is 10.6 Å². The van der Waals surface area contributed by atoms with Crippen molar-refractivity contribution in [1.82, 2.24) is 10.6 Å². The Kier molecular flexibility index (Phi) is 6.05. The number of hydrogen-bond donors (Lipinski definition) is 2. The molecule has 0 spiro atoms. The van der Waals surface area contributed by atoms with Crippen LogP contribution in [0.4, 0.5) is 0 Å². The minimum absolute atomic E-state index is 0.112. The zero-order chi connectivity index (χ0) is 13.6. The molecular weight excluding hydrogens is 232 g/mol. The van der Waals surface area contributed by atoms with Crippen LogP contribution in [0.2, 0.25) is 0 Å². The Bertz CT molecular complexity index is 261. The van der Waals surface area contributed by atoms with Crippen molar-refractivity contribution >= 4 is 5.91 Å². The Hall–Kier alpha value is -0.650. The molecule has 2 unspecified atom stereocenters. The van der Waals surface area contributed by atoms with Crippen LogP contribution in [0.5, 0.6) is 0 Å². The molecule has 1 fully saturated rings.